The summed E-state index contributed by atoms with van der Waals surface area (Å²) < 4.78 is 4.80. The Morgan fingerprint density at radius 1 is 1.13 bits per heavy atom. The lowest BCUT2D eigenvalue weighted by atomic mass is 9.70. The lowest BCUT2D eigenvalue weighted by Crippen LogP contribution is -2.54. The van der Waals surface area contributed by atoms with E-state index in [4.69, 9.17) is 4.74 Å². The average molecular weight is 617 g/mol. The summed E-state index contributed by atoms with van der Waals surface area (Å²) in [6.07, 6.45) is 1.76. The fourth-order valence-electron chi connectivity index (χ4n) is 6.27. The number of likely N-dealkylation sites (tertiary alicyclic amines) is 1. The van der Waals surface area contributed by atoms with E-state index >= 15 is 0 Å². The lowest BCUT2D eigenvalue weighted by molar-refractivity contribution is -0.139. The van der Waals surface area contributed by atoms with Crippen molar-refractivity contribution < 1.29 is 24.2 Å². The maximum absolute atomic E-state index is 14.0. The Morgan fingerprint density at radius 3 is 2.56 bits per heavy atom. The standard InChI is InChI=1S/C29H34BrN3O5S/c1-2-38-20-12-10-19(11-13-20)32-26(35)22-23-28(37)33(14-6-7-15-34)25(29(23)16-21(30)24(22)39-29)27(36)31-17-18-8-4-3-5-9-18/h3-5,8-13,21-25,34H,2,6-7,14-17H2,1H3,(H,31,36)(H,32,35)/t21?,22-,23-,24-,25?,29?/m0/s1. The maximum Gasteiger partial charge on any atom is 0.244 e. The smallest absolute Gasteiger partial charge is 0.244 e. The number of halogens is 1. The van der Waals surface area contributed by atoms with Gasteiger partial charge < -0.3 is 25.4 Å². The number of anilines is 1. The summed E-state index contributed by atoms with van der Waals surface area (Å²) in [4.78, 5) is 43.2. The molecule has 3 saturated heterocycles. The minimum Gasteiger partial charge on any atom is -0.494 e. The fraction of sp³-hybridized carbons (Fsp3) is 0.483. The van der Waals surface area contributed by atoms with Gasteiger partial charge in [-0.1, -0.05) is 46.3 Å². The van der Waals surface area contributed by atoms with E-state index in [0.717, 1.165) is 11.3 Å². The van der Waals surface area contributed by atoms with Gasteiger partial charge in [-0.25, -0.2) is 0 Å². The number of amides is 3. The number of carbonyl (C=O) groups excluding carboxylic acids is 3. The molecule has 3 unspecified atom stereocenters. The lowest BCUT2D eigenvalue weighted by Gasteiger charge is -2.35. The molecule has 6 atom stereocenters. The summed E-state index contributed by atoms with van der Waals surface area (Å²) in [6, 6.07) is 16.2. The number of alkyl halides is 1. The van der Waals surface area contributed by atoms with Crippen LogP contribution in [0.1, 0.15) is 31.7 Å². The number of ether oxygens (including phenoxy) is 1. The van der Waals surface area contributed by atoms with Gasteiger partial charge in [0.2, 0.25) is 17.7 Å². The fourth-order valence-corrected chi connectivity index (χ4v) is 9.89. The number of unbranched alkanes of at least 4 members (excludes halogenated alkanes) is 1. The van der Waals surface area contributed by atoms with Crippen LogP contribution in [-0.4, -0.2) is 68.4 Å². The predicted octanol–water partition coefficient (Wildman–Crippen LogP) is 3.58. The zero-order valence-corrected chi connectivity index (χ0v) is 24.2. The van der Waals surface area contributed by atoms with Crippen LogP contribution in [0, 0.1) is 11.8 Å². The van der Waals surface area contributed by atoms with Crippen LogP contribution in [0.3, 0.4) is 0 Å². The Bertz CT molecular complexity index is 1200. The third-order valence-corrected chi connectivity index (χ3v) is 11.1. The first-order valence-electron chi connectivity index (χ1n) is 13.5. The zero-order chi connectivity index (χ0) is 27.6. The number of nitrogens with one attached hydrogen (secondary N) is 2. The van der Waals surface area contributed by atoms with E-state index in [1.54, 1.807) is 40.9 Å². The molecule has 0 aromatic heterocycles. The number of fused-ring (bicyclic) bond motifs is 1. The first-order chi connectivity index (χ1) is 18.9. The molecule has 3 heterocycles. The topological polar surface area (TPSA) is 108 Å². The highest BCUT2D eigenvalue weighted by Crippen LogP contribution is 2.67. The minimum atomic E-state index is -0.698. The van der Waals surface area contributed by atoms with E-state index in [0.29, 0.717) is 44.6 Å². The molecule has 5 rings (SSSR count). The van der Waals surface area contributed by atoms with Gasteiger partial charge in [0.05, 0.1) is 23.2 Å². The Hall–Kier alpha value is -2.56. The second-order valence-electron chi connectivity index (χ2n) is 10.3. The van der Waals surface area contributed by atoms with Crippen molar-refractivity contribution in [3.8, 4) is 5.75 Å². The molecule has 3 amide bonds. The van der Waals surface area contributed by atoms with Gasteiger partial charge >= 0.3 is 0 Å². The number of hydrogen-bond donors (Lipinski definition) is 3. The molecule has 0 radical (unpaired) electrons. The Labute approximate surface area is 241 Å². The molecule has 2 bridgehead atoms. The van der Waals surface area contributed by atoms with Crippen LogP contribution in [0.2, 0.25) is 0 Å². The first kappa shape index (κ1) is 28.0. The maximum atomic E-state index is 14.0. The number of aliphatic hydroxyl groups is 1. The Morgan fingerprint density at radius 2 is 1.87 bits per heavy atom. The van der Waals surface area contributed by atoms with Gasteiger partial charge in [0.15, 0.2) is 0 Å². The van der Waals surface area contributed by atoms with Gasteiger partial charge in [0.25, 0.3) is 0 Å². The van der Waals surface area contributed by atoms with E-state index in [2.05, 4.69) is 26.6 Å². The van der Waals surface area contributed by atoms with Crippen molar-refractivity contribution in [2.24, 2.45) is 11.8 Å². The number of nitrogens with zero attached hydrogens (tertiary/aromatic N) is 1. The number of carbonyl (C=O) groups is 3. The van der Waals surface area contributed by atoms with Crippen molar-refractivity contribution in [3.63, 3.8) is 0 Å². The van der Waals surface area contributed by atoms with Crippen molar-refractivity contribution in [2.75, 3.05) is 25.1 Å². The van der Waals surface area contributed by atoms with Gasteiger partial charge in [0.1, 0.15) is 11.8 Å². The van der Waals surface area contributed by atoms with E-state index in [9.17, 15) is 19.5 Å². The van der Waals surface area contributed by atoms with Crippen LogP contribution < -0.4 is 15.4 Å². The molecular formula is C29H34BrN3O5S. The van der Waals surface area contributed by atoms with Gasteiger partial charge in [0, 0.05) is 35.5 Å². The van der Waals surface area contributed by atoms with Crippen molar-refractivity contribution in [1.29, 1.82) is 0 Å². The summed E-state index contributed by atoms with van der Waals surface area (Å²) in [5.74, 6) is -0.987. The molecule has 10 heteroatoms. The van der Waals surface area contributed by atoms with Crippen molar-refractivity contribution >= 4 is 51.1 Å². The molecule has 3 aliphatic heterocycles. The molecule has 3 aliphatic rings. The summed E-state index contributed by atoms with van der Waals surface area (Å²) in [5, 5.41) is 15.3. The van der Waals surface area contributed by atoms with Crippen LogP contribution in [0.4, 0.5) is 5.69 Å². The van der Waals surface area contributed by atoms with Crippen LogP contribution in [-0.2, 0) is 20.9 Å². The second kappa shape index (κ2) is 11.9. The second-order valence-corrected chi connectivity index (χ2v) is 13.0. The van der Waals surface area contributed by atoms with Crippen molar-refractivity contribution in [2.45, 2.75) is 53.6 Å². The first-order valence-corrected chi connectivity index (χ1v) is 15.3. The van der Waals surface area contributed by atoms with Crippen LogP contribution in [0.25, 0.3) is 0 Å². The number of thioether (sulfide) groups is 1. The van der Waals surface area contributed by atoms with E-state index in [-0.39, 0.29) is 34.4 Å². The zero-order valence-electron chi connectivity index (χ0n) is 21.8. The quantitative estimate of drug-likeness (QED) is 0.263. The molecule has 2 aromatic rings. The number of hydrogen-bond acceptors (Lipinski definition) is 6. The van der Waals surface area contributed by atoms with Crippen LogP contribution >= 0.6 is 27.7 Å². The Kier molecular flexibility index (Phi) is 8.54. The highest BCUT2D eigenvalue weighted by molar-refractivity contribution is 9.09. The molecule has 0 saturated carbocycles. The number of aliphatic hydroxyl groups excluding tert-OH is 1. The van der Waals surface area contributed by atoms with Crippen LogP contribution in [0.5, 0.6) is 5.75 Å². The van der Waals surface area contributed by atoms with Crippen molar-refractivity contribution in [3.05, 3.63) is 60.2 Å². The van der Waals surface area contributed by atoms with E-state index < -0.39 is 22.6 Å². The SMILES string of the molecule is CCOc1ccc(NC(=O)[C@H]2[C@H]3C(=O)N(CCCCO)C(C(=O)NCc4ccccc4)C34CC(Br)[C@@H]2S4)cc1. The van der Waals surface area contributed by atoms with Gasteiger partial charge in [-0.15, -0.1) is 11.8 Å². The molecule has 1 spiro atoms. The molecule has 3 N–H and O–H groups in total. The van der Waals surface area contributed by atoms with Crippen molar-refractivity contribution in [1.82, 2.24) is 10.2 Å². The Balaban J connectivity index is 1.40. The molecule has 8 nitrogen and oxygen atoms in total. The highest BCUT2D eigenvalue weighted by atomic mass is 79.9. The van der Waals surface area contributed by atoms with E-state index in [1.165, 1.54) is 0 Å². The monoisotopic (exact) mass is 615 g/mol. The predicted molar refractivity (Wildman–Crippen MR) is 155 cm³/mol. The molecule has 3 fully saturated rings. The van der Waals surface area contributed by atoms with Gasteiger partial charge in [-0.05, 0) is 56.0 Å². The highest BCUT2D eigenvalue weighted by Gasteiger charge is 2.75. The largest absolute Gasteiger partial charge is 0.494 e. The van der Waals surface area contributed by atoms with Gasteiger partial charge in [-0.2, -0.15) is 0 Å². The summed E-state index contributed by atoms with van der Waals surface area (Å²) in [6.45, 7) is 3.22. The third-order valence-electron chi connectivity index (χ3n) is 7.89. The molecular weight excluding hydrogens is 582 g/mol. The molecule has 0 aliphatic carbocycles. The molecule has 39 heavy (non-hydrogen) atoms. The third kappa shape index (κ3) is 5.30. The molecule has 2 aromatic carbocycles. The van der Waals surface area contributed by atoms with Gasteiger partial charge in [-0.3, -0.25) is 14.4 Å². The minimum absolute atomic E-state index is 0.00412. The van der Waals surface area contributed by atoms with Crippen LogP contribution in [0.15, 0.2) is 54.6 Å². The summed E-state index contributed by atoms with van der Waals surface area (Å²) >= 11 is 5.41. The summed E-state index contributed by atoms with van der Waals surface area (Å²) in [5.41, 5.74) is 1.62. The summed E-state index contributed by atoms with van der Waals surface area (Å²) in [7, 11) is 0. The molecule has 208 valence electrons. The average Bonchev–Trinajstić information content (AvgIpc) is 3.53. The normalized spacial score (nSPS) is 28.8. The number of rotatable bonds is 11. The number of benzene rings is 2. The van der Waals surface area contributed by atoms with E-state index in [1.807, 2.05) is 37.3 Å².